The molecule has 0 aliphatic heterocycles. The zero-order valence-corrected chi connectivity index (χ0v) is 15.1. The monoisotopic (exact) mass is 345 g/mol. The lowest BCUT2D eigenvalue weighted by Crippen LogP contribution is -2.41. The van der Waals surface area contributed by atoms with Crippen molar-refractivity contribution in [1.29, 1.82) is 0 Å². The third-order valence-corrected chi connectivity index (χ3v) is 5.64. The second-order valence-electron chi connectivity index (χ2n) is 6.33. The summed E-state index contributed by atoms with van der Waals surface area (Å²) in [5.74, 6) is 0.207. The van der Waals surface area contributed by atoms with Crippen molar-refractivity contribution in [2.24, 2.45) is 0 Å². The lowest BCUT2D eigenvalue weighted by Gasteiger charge is -2.31. The third kappa shape index (κ3) is 3.38. The molecular weight excluding hydrogens is 322 g/mol. The lowest BCUT2D eigenvalue weighted by atomic mass is 9.97. The van der Waals surface area contributed by atoms with Gasteiger partial charge in [-0.1, -0.05) is 12.1 Å². The van der Waals surface area contributed by atoms with Crippen LogP contribution < -0.4 is 5.32 Å². The summed E-state index contributed by atoms with van der Waals surface area (Å²) < 4.78 is 0. The molecule has 5 nitrogen and oxygen atoms in total. The Hall–Kier alpha value is -2.08. The molecule has 3 rings (SSSR count). The number of thiazole rings is 1. The van der Waals surface area contributed by atoms with Crippen LogP contribution in [0.5, 0.6) is 5.75 Å². The predicted molar refractivity (Wildman–Crippen MR) is 95.3 cm³/mol. The predicted octanol–water partition coefficient (Wildman–Crippen LogP) is 3.94. The van der Waals surface area contributed by atoms with E-state index in [0.29, 0.717) is 0 Å². The number of aryl methyl sites for hydroxylation is 2. The minimum Gasteiger partial charge on any atom is -0.508 e. The third-order valence-electron chi connectivity index (χ3n) is 4.53. The SMILES string of the molecule is Cc1nc2c(s1)[C@@H](N(C)C(=O)N[C@@H](C)c1cccc(O)c1)CCC2. The molecule has 2 aromatic rings. The van der Waals surface area contributed by atoms with Crippen molar-refractivity contribution in [3.05, 3.63) is 45.4 Å². The van der Waals surface area contributed by atoms with Crippen LogP contribution in [0.15, 0.2) is 24.3 Å². The summed E-state index contributed by atoms with van der Waals surface area (Å²) in [5.41, 5.74) is 2.03. The molecule has 24 heavy (non-hydrogen) atoms. The highest BCUT2D eigenvalue weighted by Crippen LogP contribution is 2.37. The highest BCUT2D eigenvalue weighted by molar-refractivity contribution is 7.11. The first-order valence-corrected chi connectivity index (χ1v) is 9.06. The molecule has 0 fully saturated rings. The van der Waals surface area contributed by atoms with E-state index in [-0.39, 0.29) is 23.9 Å². The molecule has 0 radical (unpaired) electrons. The molecule has 1 aromatic carbocycles. The maximum Gasteiger partial charge on any atom is 0.318 e. The zero-order chi connectivity index (χ0) is 17.3. The topological polar surface area (TPSA) is 65.5 Å². The Kier molecular flexibility index (Phi) is 4.76. The average Bonchev–Trinajstić information content (AvgIpc) is 2.94. The Labute approximate surface area is 146 Å². The number of urea groups is 1. The van der Waals surface area contributed by atoms with Gasteiger partial charge in [-0.3, -0.25) is 0 Å². The van der Waals surface area contributed by atoms with Gasteiger partial charge in [-0.25, -0.2) is 9.78 Å². The van der Waals surface area contributed by atoms with E-state index >= 15 is 0 Å². The number of nitrogens with one attached hydrogen (secondary N) is 1. The van der Waals surface area contributed by atoms with Gasteiger partial charge in [0, 0.05) is 7.05 Å². The van der Waals surface area contributed by atoms with Gasteiger partial charge in [-0.2, -0.15) is 0 Å². The summed E-state index contributed by atoms with van der Waals surface area (Å²) in [6.07, 6.45) is 3.03. The number of fused-ring (bicyclic) bond motifs is 1. The fraction of sp³-hybridized carbons (Fsp3) is 0.444. The van der Waals surface area contributed by atoms with Crippen LogP contribution in [-0.2, 0) is 6.42 Å². The van der Waals surface area contributed by atoms with Crippen LogP contribution in [0.1, 0.15) is 53.0 Å². The maximum atomic E-state index is 12.7. The number of aromatic nitrogens is 1. The summed E-state index contributed by atoms with van der Waals surface area (Å²) in [6, 6.07) is 6.81. The van der Waals surface area contributed by atoms with Crippen LogP contribution in [0.4, 0.5) is 4.79 Å². The van der Waals surface area contributed by atoms with Crippen LogP contribution >= 0.6 is 11.3 Å². The van der Waals surface area contributed by atoms with Crippen molar-refractivity contribution in [1.82, 2.24) is 15.2 Å². The number of nitrogens with zero attached hydrogens (tertiary/aromatic N) is 2. The van der Waals surface area contributed by atoms with Crippen LogP contribution in [0.3, 0.4) is 0 Å². The molecular formula is C18H23N3O2S. The van der Waals surface area contributed by atoms with Crippen LogP contribution in [0, 0.1) is 6.92 Å². The average molecular weight is 345 g/mol. The molecule has 128 valence electrons. The lowest BCUT2D eigenvalue weighted by molar-refractivity contribution is 0.182. The number of rotatable bonds is 3. The number of aromatic hydroxyl groups is 1. The number of amides is 2. The highest BCUT2D eigenvalue weighted by Gasteiger charge is 2.30. The quantitative estimate of drug-likeness (QED) is 0.885. The van der Waals surface area contributed by atoms with Crippen molar-refractivity contribution in [3.8, 4) is 5.75 Å². The van der Waals surface area contributed by atoms with Gasteiger partial charge in [0.15, 0.2) is 0 Å². The molecule has 0 bridgehead atoms. The minimum absolute atomic E-state index is 0.0938. The first-order valence-electron chi connectivity index (χ1n) is 8.24. The molecule has 2 atom stereocenters. The smallest absolute Gasteiger partial charge is 0.318 e. The fourth-order valence-electron chi connectivity index (χ4n) is 3.19. The normalized spacial score (nSPS) is 17.9. The Balaban J connectivity index is 1.71. The van der Waals surface area contributed by atoms with Gasteiger partial charge in [0.1, 0.15) is 5.75 Å². The largest absolute Gasteiger partial charge is 0.508 e. The second kappa shape index (κ2) is 6.81. The zero-order valence-electron chi connectivity index (χ0n) is 14.2. The van der Waals surface area contributed by atoms with Crippen molar-refractivity contribution in [3.63, 3.8) is 0 Å². The number of carbonyl (C=O) groups excluding carboxylic acids is 1. The standard InChI is InChI=1S/C18H23N3O2S/c1-11(13-6-4-7-14(22)10-13)19-18(23)21(3)16-9-5-8-15-17(16)24-12(2)20-15/h4,6-7,10-11,16,22H,5,8-9H2,1-3H3,(H,19,23)/t11-,16-/m0/s1. The first kappa shape index (κ1) is 16.8. The Morgan fingerprint density at radius 2 is 2.29 bits per heavy atom. The summed E-state index contributed by atoms with van der Waals surface area (Å²) >= 11 is 1.70. The van der Waals surface area contributed by atoms with E-state index in [1.54, 1.807) is 34.4 Å². The van der Waals surface area contributed by atoms with E-state index in [1.807, 2.05) is 27.0 Å². The van der Waals surface area contributed by atoms with Crippen molar-refractivity contribution in [2.75, 3.05) is 7.05 Å². The Morgan fingerprint density at radius 3 is 3.04 bits per heavy atom. The first-order chi connectivity index (χ1) is 11.5. The molecule has 1 heterocycles. The number of hydrogen-bond donors (Lipinski definition) is 2. The van der Waals surface area contributed by atoms with E-state index in [9.17, 15) is 9.90 Å². The van der Waals surface area contributed by atoms with Gasteiger partial charge >= 0.3 is 6.03 Å². The van der Waals surface area contributed by atoms with E-state index < -0.39 is 0 Å². The molecule has 0 unspecified atom stereocenters. The van der Waals surface area contributed by atoms with E-state index in [0.717, 1.165) is 35.5 Å². The van der Waals surface area contributed by atoms with Crippen LogP contribution in [0.25, 0.3) is 0 Å². The number of carbonyl (C=O) groups is 1. The summed E-state index contributed by atoms with van der Waals surface area (Å²) in [5, 5.41) is 13.7. The van der Waals surface area contributed by atoms with Crippen LogP contribution in [0.2, 0.25) is 0 Å². The molecule has 1 aliphatic carbocycles. The van der Waals surface area contributed by atoms with Gasteiger partial charge in [0.25, 0.3) is 0 Å². The molecule has 2 N–H and O–H groups in total. The fourth-order valence-corrected chi connectivity index (χ4v) is 4.35. The molecule has 1 aromatic heterocycles. The van der Waals surface area contributed by atoms with Crippen molar-refractivity contribution >= 4 is 17.4 Å². The van der Waals surface area contributed by atoms with Crippen LogP contribution in [-0.4, -0.2) is 28.1 Å². The Bertz CT molecular complexity index is 744. The van der Waals surface area contributed by atoms with E-state index in [1.165, 1.54) is 4.88 Å². The summed E-state index contributed by atoms with van der Waals surface area (Å²) in [4.78, 5) is 20.3. The van der Waals surface area contributed by atoms with Gasteiger partial charge < -0.3 is 15.3 Å². The van der Waals surface area contributed by atoms with Gasteiger partial charge in [-0.15, -0.1) is 11.3 Å². The molecule has 0 saturated carbocycles. The van der Waals surface area contributed by atoms with Crippen molar-refractivity contribution < 1.29 is 9.90 Å². The molecule has 6 heteroatoms. The molecule has 2 amide bonds. The second-order valence-corrected chi connectivity index (χ2v) is 7.56. The van der Waals surface area contributed by atoms with Gasteiger partial charge in [-0.05, 0) is 50.8 Å². The Morgan fingerprint density at radius 1 is 1.50 bits per heavy atom. The van der Waals surface area contributed by atoms with Crippen molar-refractivity contribution in [2.45, 2.75) is 45.2 Å². The summed E-state index contributed by atoms with van der Waals surface area (Å²) in [6.45, 7) is 3.94. The minimum atomic E-state index is -0.168. The van der Waals surface area contributed by atoms with Gasteiger partial charge in [0.05, 0.1) is 27.7 Å². The number of phenolic OH excluding ortho intramolecular Hbond substituents is 1. The van der Waals surface area contributed by atoms with E-state index in [2.05, 4.69) is 10.3 Å². The number of hydrogen-bond acceptors (Lipinski definition) is 4. The highest BCUT2D eigenvalue weighted by atomic mass is 32.1. The molecule has 0 spiro atoms. The van der Waals surface area contributed by atoms with E-state index in [4.69, 9.17) is 0 Å². The molecule has 0 saturated heterocycles. The molecule has 1 aliphatic rings. The van der Waals surface area contributed by atoms with Gasteiger partial charge in [0.2, 0.25) is 0 Å². The maximum absolute atomic E-state index is 12.7. The number of benzene rings is 1. The summed E-state index contributed by atoms with van der Waals surface area (Å²) in [7, 11) is 1.85. The number of phenols is 1.